The van der Waals surface area contributed by atoms with Gasteiger partial charge in [-0.3, -0.25) is 5.43 Å². The number of nitrogens with two attached hydrogens (primary N) is 1. The van der Waals surface area contributed by atoms with Crippen LogP contribution in [0.1, 0.15) is 11.1 Å². The fraction of sp³-hybridized carbons (Fsp3) is 0.0385. The third-order valence-electron chi connectivity index (χ3n) is 5.42. The number of pyridine rings is 1. The molecular weight excluding hydrogens is 483 g/mol. The maximum atomic E-state index is 9.02. The molecule has 35 heavy (non-hydrogen) atoms. The van der Waals surface area contributed by atoms with Crippen molar-refractivity contribution in [1.29, 1.82) is 5.26 Å². The lowest BCUT2D eigenvalue weighted by Gasteiger charge is -2.24. The molecule has 0 fully saturated rings. The van der Waals surface area contributed by atoms with E-state index in [9.17, 15) is 0 Å². The van der Waals surface area contributed by atoms with Crippen LogP contribution in [0.3, 0.4) is 0 Å². The molecule has 1 aliphatic rings. The summed E-state index contributed by atoms with van der Waals surface area (Å²) in [6.07, 6.45) is 3.06. The van der Waals surface area contributed by atoms with Crippen molar-refractivity contribution < 1.29 is 4.74 Å². The molecular formula is C26H18Cl2N6O. The molecule has 7 nitrogen and oxygen atoms in total. The van der Waals surface area contributed by atoms with Crippen LogP contribution < -0.4 is 20.9 Å². The van der Waals surface area contributed by atoms with Gasteiger partial charge in [0.1, 0.15) is 17.9 Å². The number of aliphatic imine (C=N–C) groups is 1. The molecule has 0 unspecified atom stereocenters. The Morgan fingerprint density at radius 2 is 1.77 bits per heavy atom. The van der Waals surface area contributed by atoms with Gasteiger partial charge in [-0.15, -0.1) is 0 Å². The summed E-state index contributed by atoms with van der Waals surface area (Å²) in [5, 5.41) is 12.2. The predicted octanol–water partition coefficient (Wildman–Crippen LogP) is 6.29. The number of halogens is 2. The third kappa shape index (κ3) is 4.58. The molecule has 0 amide bonds. The normalized spacial score (nSPS) is 12.7. The Bertz CT molecular complexity index is 1530. The van der Waals surface area contributed by atoms with Crippen molar-refractivity contribution in [2.75, 3.05) is 5.01 Å². The molecule has 0 saturated carbocycles. The fourth-order valence-corrected chi connectivity index (χ4v) is 4.26. The zero-order valence-electron chi connectivity index (χ0n) is 18.5. The summed E-state index contributed by atoms with van der Waals surface area (Å²) in [5.74, 6) is 1.31. The smallest absolute Gasteiger partial charge is 0.164 e. The molecule has 0 saturated heterocycles. The largest absolute Gasteiger partial charge is 0.454 e. The van der Waals surface area contributed by atoms with Crippen LogP contribution in [0.15, 0.2) is 77.7 Å². The van der Waals surface area contributed by atoms with Crippen LogP contribution in [-0.2, 0) is 0 Å². The van der Waals surface area contributed by atoms with Crippen molar-refractivity contribution >= 4 is 46.1 Å². The minimum Gasteiger partial charge on any atom is -0.454 e. The maximum absolute atomic E-state index is 9.02. The summed E-state index contributed by atoms with van der Waals surface area (Å²) in [6, 6.07) is 20.5. The first-order valence-electron chi connectivity index (χ1n) is 10.5. The molecule has 0 aliphatic carbocycles. The second kappa shape index (κ2) is 9.18. The van der Waals surface area contributed by atoms with Crippen molar-refractivity contribution in [3.63, 3.8) is 0 Å². The molecule has 2 heterocycles. The Morgan fingerprint density at radius 1 is 1.03 bits per heavy atom. The monoisotopic (exact) mass is 500 g/mol. The lowest BCUT2D eigenvalue weighted by atomic mass is 10.0. The number of anilines is 1. The van der Waals surface area contributed by atoms with E-state index in [0.29, 0.717) is 38.6 Å². The number of hydrogen-bond donors (Lipinski definition) is 2. The van der Waals surface area contributed by atoms with Gasteiger partial charge in [-0.05, 0) is 61.0 Å². The lowest BCUT2D eigenvalue weighted by Crippen LogP contribution is -2.40. The van der Waals surface area contributed by atoms with E-state index in [-0.39, 0.29) is 0 Å². The Morgan fingerprint density at radius 3 is 2.46 bits per heavy atom. The topological polar surface area (TPSA) is 99.6 Å². The number of hydrogen-bond acceptors (Lipinski definition) is 7. The van der Waals surface area contributed by atoms with Gasteiger partial charge >= 0.3 is 0 Å². The summed E-state index contributed by atoms with van der Waals surface area (Å²) in [6.45, 7) is 2.02. The highest BCUT2D eigenvalue weighted by Gasteiger charge is 2.16. The molecule has 0 spiro atoms. The van der Waals surface area contributed by atoms with Crippen LogP contribution in [0.25, 0.3) is 22.2 Å². The average Bonchev–Trinajstić information content (AvgIpc) is 2.86. The van der Waals surface area contributed by atoms with Crippen molar-refractivity contribution in [3.8, 4) is 28.8 Å². The molecule has 0 radical (unpaired) electrons. The van der Waals surface area contributed by atoms with Gasteiger partial charge in [0.15, 0.2) is 5.75 Å². The van der Waals surface area contributed by atoms with Crippen LogP contribution in [0.4, 0.5) is 5.69 Å². The quantitative estimate of drug-likeness (QED) is 0.341. The molecule has 3 N–H and O–H groups in total. The van der Waals surface area contributed by atoms with Crippen molar-refractivity contribution in [2.45, 2.75) is 6.92 Å². The van der Waals surface area contributed by atoms with E-state index in [2.05, 4.69) is 16.5 Å². The predicted molar refractivity (Wildman–Crippen MR) is 140 cm³/mol. The number of nitrogens with one attached hydrogen (secondary N) is 1. The van der Waals surface area contributed by atoms with Crippen LogP contribution in [0.5, 0.6) is 11.5 Å². The molecule has 0 bridgehead atoms. The van der Waals surface area contributed by atoms with E-state index in [4.69, 9.17) is 43.9 Å². The van der Waals surface area contributed by atoms with Crippen LogP contribution >= 0.6 is 23.2 Å². The van der Waals surface area contributed by atoms with E-state index in [1.54, 1.807) is 35.6 Å². The summed E-state index contributed by atoms with van der Waals surface area (Å²) in [7, 11) is 0. The highest BCUT2D eigenvalue weighted by Crippen LogP contribution is 2.40. The Labute approximate surface area is 211 Å². The number of benzene rings is 3. The minimum absolute atomic E-state index is 0.335. The van der Waals surface area contributed by atoms with E-state index >= 15 is 0 Å². The molecule has 5 rings (SSSR count). The van der Waals surface area contributed by atoms with E-state index in [1.165, 1.54) is 6.20 Å². The Balaban J connectivity index is 1.43. The van der Waals surface area contributed by atoms with Crippen molar-refractivity contribution in [1.82, 2.24) is 10.4 Å². The highest BCUT2D eigenvalue weighted by atomic mass is 35.5. The first-order chi connectivity index (χ1) is 16.9. The van der Waals surface area contributed by atoms with Crippen LogP contribution in [0, 0.1) is 18.3 Å². The summed E-state index contributed by atoms with van der Waals surface area (Å²) >= 11 is 13.0. The summed E-state index contributed by atoms with van der Waals surface area (Å²) in [4.78, 5) is 8.84. The SMILES string of the molecule is Cc1cc(-c2ccc(C#N)cc2)nc2ccc(Oc3c(Cl)cc(N4C=NC=C(N)N4)cc3Cl)cc12. The van der Waals surface area contributed by atoms with Gasteiger partial charge in [0.05, 0.1) is 44.8 Å². The molecule has 3 aromatic carbocycles. The van der Waals surface area contributed by atoms with Crippen molar-refractivity contribution in [2.24, 2.45) is 10.7 Å². The number of ether oxygens (including phenoxy) is 1. The zero-order valence-corrected chi connectivity index (χ0v) is 20.0. The number of nitrogens with zero attached hydrogens (tertiary/aromatic N) is 4. The van der Waals surface area contributed by atoms with Gasteiger partial charge in [-0.2, -0.15) is 5.26 Å². The molecule has 4 aromatic rings. The maximum Gasteiger partial charge on any atom is 0.164 e. The van der Waals surface area contributed by atoms with Gasteiger partial charge < -0.3 is 10.5 Å². The summed E-state index contributed by atoms with van der Waals surface area (Å²) < 4.78 is 6.08. The highest BCUT2D eigenvalue weighted by molar-refractivity contribution is 6.37. The number of aromatic nitrogens is 1. The third-order valence-corrected chi connectivity index (χ3v) is 5.98. The second-order valence-corrected chi connectivity index (χ2v) is 8.68. The van der Waals surface area contributed by atoms with E-state index in [0.717, 1.165) is 27.7 Å². The average molecular weight is 501 g/mol. The standard InChI is InChI=1S/C26H18Cl2N6O/c1-15-8-24(17-4-2-16(12-29)3-5-17)32-23-7-6-19(11-20(15)23)35-26-21(27)9-18(10-22(26)28)34-14-31-13-25(30)33-34/h2-11,13-14,33H,30H2,1H3. The number of hydrazine groups is 1. The number of fused-ring (bicyclic) bond motifs is 1. The Hall–Kier alpha value is -4.25. The molecule has 9 heteroatoms. The van der Waals surface area contributed by atoms with Crippen LogP contribution in [0.2, 0.25) is 10.0 Å². The van der Waals surface area contributed by atoms with Gasteiger partial charge in [0.2, 0.25) is 0 Å². The van der Waals surface area contributed by atoms with E-state index in [1.807, 2.05) is 43.3 Å². The minimum atomic E-state index is 0.335. The lowest BCUT2D eigenvalue weighted by molar-refractivity contribution is 0.484. The molecule has 0 atom stereocenters. The van der Waals surface area contributed by atoms with Crippen LogP contribution in [-0.4, -0.2) is 11.3 Å². The van der Waals surface area contributed by atoms with Gasteiger partial charge in [-0.1, -0.05) is 35.3 Å². The molecule has 172 valence electrons. The second-order valence-electron chi connectivity index (χ2n) is 7.86. The summed E-state index contributed by atoms with van der Waals surface area (Å²) in [5.41, 5.74) is 13.6. The number of aryl methyl sites for hydroxylation is 1. The molecule has 1 aromatic heterocycles. The molecule has 1 aliphatic heterocycles. The first-order valence-corrected chi connectivity index (χ1v) is 11.3. The van der Waals surface area contributed by atoms with E-state index < -0.39 is 0 Å². The van der Waals surface area contributed by atoms with Gasteiger partial charge in [0.25, 0.3) is 0 Å². The number of nitriles is 1. The Kier molecular flexibility index (Phi) is 5.91. The zero-order chi connectivity index (χ0) is 24.5. The first kappa shape index (κ1) is 22.5. The van der Waals surface area contributed by atoms with Crippen molar-refractivity contribution in [3.05, 3.63) is 93.9 Å². The number of rotatable bonds is 4. The van der Waals surface area contributed by atoms with Gasteiger partial charge in [0, 0.05) is 10.9 Å². The fourth-order valence-electron chi connectivity index (χ4n) is 3.71. The van der Waals surface area contributed by atoms with Gasteiger partial charge in [-0.25, -0.2) is 15.0 Å².